The molecule has 1 N–H and O–H groups in total. The first-order chi connectivity index (χ1) is 11.5. The van der Waals surface area contributed by atoms with Crippen LogP contribution >= 0.6 is 0 Å². The van der Waals surface area contributed by atoms with Crippen LogP contribution in [0.15, 0.2) is 30.0 Å². The molecule has 1 aromatic rings. The molecule has 0 unspecified atom stereocenters. The second-order valence-corrected chi connectivity index (χ2v) is 5.86. The Morgan fingerprint density at radius 2 is 2.12 bits per heavy atom. The number of aliphatic hydroxyl groups excluding tert-OH is 1. The Labute approximate surface area is 137 Å². The highest BCUT2D eigenvalue weighted by atomic mass is 19.1. The highest BCUT2D eigenvalue weighted by Gasteiger charge is 2.51. The largest absolute Gasteiger partial charge is 0.487 e. The third-order valence-corrected chi connectivity index (χ3v) is 4.25. The summed E-state index contributed by atoms with van der Waals surface area (Å²) in [6.45, 7) is -2.50. The monoisotopic (exact) mass is 335 g/mol. The van der Waals surface area contributed by atoms with Gasteiger partial charge in [-0.2, -0.15) is 5.26 Å². The highest BCUT2D eigenvalue weighted by Crippen LogP contribution is 2.44. The van der Waals surface area contributed by atoms with Crippen molar-refractivity contribution in [3.05, 3.63) is 41.2 Å². The van der Waals surface area contributed by atoms with E-state index in [4.69, 9.17) is 14.7 Å². The smallest absolute Gasteiger partial charge is 0.195 e. The normalized spacial score (nSPS) is 24.6. The van der Waals surface area contributed by atoms with Crippen LogP contribution in [-0.2, 0) is 9.53 Å². The zero-order chi connectivity index (χ0) is 17.3. The first-order valence-electron chi connectivity index (χ1n) is 7.46. The van der Waals surface area contributed by atoms with Gasteiger partial charge < -0.3 is 14.6 Å². The zero-order valence-electron chi connectivity index (χ0n) is 12.7. The van der Waals surface area contributed by atoms with Crippen molar-refractivity contribution in [2.45, 2.75) is 30.7 Å². The van der Waals surface area contributed by atoms with Crippen molar-refractivity contribution in [2.75, 3.05) is 13.3 Å². The minimum Gasteiger partial charge on any atom is -0.487 e. The van der Waals surface area contributed by atoms with Crippen molar-refractivity contribution in [1.29, 1.82) is 5.26 Å². The Kier molecular flexibility index (Phi) is 4.24. The van der Waals surface area contributed by atoms with Gasteiger partial charge in [0.2, 0.25) is 0 Å². The summed E-state index contributed by atoms with van der Waals surface area (Å²) in [5.41, 5.74) is -1.46. The second-order valence-electron chi connectivity index (χ2n) is 5.86. The maximum absolute atomic E-state index is 13.5. The summed E-state index contributed by atoms with van der Waals surface area (Å²) in [6, 6.07) is 6.27. The van der Waals surface area contributed by atoms with E-state index in [0.717, 1.165) is 0 Å². The number of alkyl halides is 2. The summed E-state index contributed by atoms with van der Waals surface area (Å²) in [6.07, 6.45) is -0.815. The average Bonchev–Trinajstić information content (AvgIpc) is 3.02. The van der Waals surface area contributed by atoms with Gasteiger partial charge in [0.1, 0.15) is 31.0 Å². The number of carbonyl (C=O) groups excluding carboxylic acids is 1. The average molecular weight is 335 g/mol. The van der Waals surface area contributed by atoms with E-state index in [1.807, 2.05) is 6.07 Å². The van der Waals surface area contributed by atoms with Gasteiger partial charge in [-0.05, 0) is 18.2 Å². The summed E-state index contributed by atoms with van der Waals surface area (Å²) in [4.78, 5) is 11.4. The third kappa shape index (κ3) is 2.63. The topological polar surface area (TPSA) is 79.5 Å². The molecule has 0 amide bonds. The van der Waals surface area contributed by atoms with Crippen LogP contribution in [0.5, 0.6) is 5.75 Å². The van der Waals surface area contributed by atoms with E-state index < -0.39 is 31.2 Å². The number of allylic oxidation sites excluding steroid dienone is 2. The molecule has 0 fully saturated rings. The van der Waals surface area contributed by atoms with Gasteiger partial charge in [-0.3, -0.25) is 4.79 Å². The molecule has 2 aliphatic rings. The van der Waals surface area contributed by atoms with Crippen molar-refractivity contribution < 1.29 is 28.2 Å². The number of nitrogens with zero attached hydrogens (tertiary/aromatic N) is 1. The van der Waals surface area contributed by atoms with Gasteiger partial charge in [0.15, 0.2) is 17.5 Å². The van der Waals surface area contributed by atoms with E-state index in [1.165, 1.54) is 24.3 Å². The van der Waals surface area contributed by atoms with Crippen LogP contribution in [-0.4, -0.2) is 35.9 Å². The van der Waals surface area contributed by atoms with Crippen LogP contribution in [0.1, 0.15) is 30.1 Å². The molecule has 24 heavy (non-hydrogen) atoms. The number of ether oxygens (including phenoxy) is 2. The lowest BCUT2D eigenvalue weighted by Gasteiger charge is -2.43. The van der Waals surface area contributed by atoms with Crippen molar-refractivity contribution in [2.24, 2.45) is 0 Å². The Morgan fingerprint density at radius 3 is 2.71 bits per heavy atom. The van der Waals surface area contributed by atoms with Crippen LogP contribution < -0.4 is 4.74 Å². The van der Waals surface area contributed by atoms with Crippen LogP contribution in [0.2, 0.25) is 0 Å². The lowest BCUT2D eigenvalue weighted by atomic mass is 9.86. The predicted molar refractivity (Wildman–Crippen MR) is 78.6 cm³/mol. The first kappa shape index (κ1) is 16.4. The van der Waals surface area contributed by atoms with Gasteiger partial charge in [0.05, 0.1) is 11.6 Å². The molecule has 1 aliphatic heterocycles. The van der Waals surface area contributed by atoms with E-state index in [0.29, 0.717) is 23.3 Å². The minimum absolute atomic E-state index is 0.111. The minimum atomic E-state index is -2.07. The van der Waals surface area contributed by atoms with Crippen molar-refractivity contribution in [3.8, 4) is 11.8 Å². The molecule has 3 rings (SSSR count). The summed E-state index contributed by atoms with van der Waals surface area (Å²) in [5.74, 6) is 0.371. The Balaban J connectivity index is 2.05. The van der Waals surface area contributed by atoms with E-state index in [9.17, 15) is 18.7 Å². The van der Waals surface area contributed by atoms with Gasteiger partial charge in [-0.15, -0.1) is 0 Å². The standard InChI is InChI=1S/C17H15F2NO4/c18-8-17(9-19)16(22)15(23-12-3-2-11(21)6-12)13-5-10(7-20)1-4-14(13)24-17/h1,4-6,15-16,22H,2-3,8-9H2/t15-,16+/m1/s1. The fourth-order valence-corrected chi connectivity index (χ4v) is 2.86. The molecule has 0 saturated heterocycles. The molecule has 7 heteroatoms. The molecular formula is C17H15F2NO4. The summed E-state index contributed by atoms with van der Waals surface area (Å²) >= 11 is 0. The number of ketones is 1. The first-order valence-corrected chi connectivity index (χ1v) is 7.46. The number of carbonyl (C=O) groups is 1. The van der Waals surface area contributed by atoms with Gasteiger partial charge in [0.25, 0.3) is 0 Å². The number of benzene rings is 1. The molecule has 0 spiro atoms. The summed E-state index contributed by atoms with van der Waals surface area (Å²) < 4.78 is 38.0. The van der Waals surface area contributed by atoms with E-state index in [-0.39, 0.29) is 18.0 Å². The number of fused-ring (bicyclic) bond motifs is 1. The fraction of sp³-hybridized carbons (Fsp3) is 0.412. The molecule has 1 heterocycles. The molecule has 0 aromatic heterocycles. The maximum atomic E-state index is 13.5. The molecule has 1 aliphatic carbocycles. The van der Waals surface area contributed by atoms with Crippen LogP contribution in [0.25, 0.3) is 0 Å². The van der Waals surface area contributed by atoms with Crippen molar-refractivity contribution >= 4 is 5.78 Å². The fourth-order valence-electron chi connectivity index (χ4n) is 2.86. The molecule has 0 bridgehead atoms. The quantitative estimate of drug-likeness (QED) is 0.913. The summed E-state index contributed by atoms with van der Waals surface area (Å²) in [5, 5.41) is 19.5. The predicted octanol–water partition coefficient (Wildman–Crippen LogP) is 2.29. The van der Waals surface area contributed by atoms with E-state index >= 15 is 0 Å². The Bertz CT molecular complexity index is 737. The molecule has 1 aromatic carbocycles. The second kappa shape index (κ2) is 6.21. The van der Waals surface area contributed by atoms with Gasteiger partial charge in [-0.25, -0.2) is 8.78 Å². The van der Waals surface area contributed by atoms with E-state index in [2.05, 4.69) is 0 Å². The summed E-state index contributed by atoms with van der Waals surface area (Å²) in [7, 11) is 0. The number of rotatable bonds is 4. The number of hydrogen-bond acceptors (Lipinski definition) is 5. The Morgan fingerprint density at radius 1 is 1.38 bits per heavy atom. The molecular weight excluding hydrogens is 320 g/mol. The molecule has 0 saturated carbocycles. The van der Waals surface area contributed by atoms with Crippen molar-refractivity contribution in [1.82, 2.24) is 0 Å². The van der Waals surface area contributed by atoms with Gasteiger partial charge in [0, 0.05) is 24.5 Å². The van der Waals surface area contributed by atoms with Crippen molar-refractivity contribution in [3.63, 3.8) is 0 Å². The number of halogens is 2. The van der Waals surface area contributed by atoms with Crippen LogP contribution in [0, 0.1) is 11.3 Å². The third-order valence-electron chi connectivity index (χ3n) is 4.25. The molecule has 5 nitrogen and oxygen atoms in total. The zero-order valence-corrected chi connectivity index (χ0v) is 12.7. The number of nitriles is 1. The highest BCUT2D eigenvalue weighted by molar-refractivity contribution is 5.92. The Hall–Kier alpha value is -2.46. The SMILES string of the molecule is N#Cc1ccc2c(c1)[C@@H](OC1=CC(=O)CC1)[C@H](O)C(CF)(CF)O2. The molecule has 126 valence electrons. The lowest BCUT2D eigenvalue weighted by Crippen LogP contribution is -2.57. The van der Waals surface area contributed by atoms with Gasteiger partial charge >= 0.3 is 0 Å². The maximum Gasteiger partial charge on any atom is 0.195 e. The lowest BCUT2D eigenvalue weighted by molar-refractivity contribution is -0.151. The number of hydrogen-bond donors (Lipinski definition) is 1. The van der Waals surface area contributed by atoms with Gasteiger partial charge in [-0.1, -0.05) is 0 Å². The van der Waals surface area contributed by atoms with E-state index in [1.54, 1.807) is 0 Å². The van der Waals surface area contributed by atoms with Crippen LogP contribution in [0.4, 0.5) is 8.78 Å². The number of aliphatic hydroxyl groups is 1. The van der Waals surface area contributed by atoms with Crippen LogP contribution in [0.3, 0.4) is 0 Å². The molecule has 0 radical (unpaired) electrons. The molecule has 2 atom stereocenters.